The molecule has 0 amide bonds. The molecule has 2 aromatic rings. The molecule has 2 rings (SSSR count). The van der Waals surface area contributed by atoms with Gasteiger partial charge >= 0.3 is 5.97 Å². The Morgan fingerprint density at radius 2 is 2.19 bits per heavy atom. The van der Waals surface area contributed by atoms with Crippen LogP contribution in [0.4, 0.5) is 0 Å². The number of carbonyl (C=O) groups excluding carboxylic acids is 1. The number of para-hydroxylation sites is 1. The zero-order chi connectivity index (χ0) is 11.5. The summed E-state index contributed by atoms with van der Waals surface area (Å²) in [5.74, 6) is 0.0553. The summed E-state index contributed by atoms with van der Waals surface area (Å²) in [6, 6.07) is 7.16. The Morgan fingerprint density at radius 1 is 1.44 bits per heavy atom. The van der Waals surface area contributed by atoms with E-state index in [2.05, 4.69) is 25.5 Å². The molecule has 0 atom stereocenters. The quantitative estimate of drug-likeness (QED) is 0.632. The molecule has 0 aliphatic carbocycles. The number of benzene rings is 1. The molecular weight excluding hydrogens is 292 g/mol. The van der Waals surface area contributed by atoms with E-state index >= 15 is 0 Å². The number of ether oxygens (including phenoxy) is 1. The standard InChI is InChI=1S/C10H7BrN2O2S/c1-6-9(16-13-12-6)10(14)15-8-5-3-2-4-7(8)11/h2-5H,1H3. The monoisotopic (exact) mass is 298 g/mol. The molecule has 1 heterocycles. The second kappa shape index (κ2) is 4.71. The number of rotatable bonds is 2. The Morgan fingerprint density at radius 3 is 2.81 bits per heavy atom. The number of aromatic nitrogens is 2. The van der Waals surface area contributed by atoms with Gasteiger partial charge in [0.2, 0.25) is 0 Å². The summed E-state index contributed by atoms with van der Waals surface area (Å²) in [5.41, 5.74) is 0.585. The van der Waals surface area contributed by atoms with Gasteiger partial charge in [-0.3, -0.25) is 0 Å². The lowest BCUT2D eigenvalue weighted by atomic mass is 10.3. The zero-order valence-corrected chi connectivity index (χ0v) is 10.7. The molecule has 0 radical (unpaired) electrons. The van der Waals surface area contributed by atoms with E-state index in [0.717, 1.165) is 16.0 Å². The molecule has 1 aromatic carbocycles. The summed E-state index contributed by atoms with van der Waals surface area (Å²) < 4.78 is 9.64. The first kappa shape index (κ1) is 11.2. The third kappa shape index (κ3) is 2.28. The second-order valence-electron chi connectivity index (χ2n) is 3.01. The molecule has 0 saturated heterocycles. The number of aryl methyl sites for hydroxylation is 1. The van der Waals surface area contributed by atoms with E-state index < -0.39 is 5.97 Å². The summed E-state index contributed by atoms with van der Waals surface area (Å²) in [4.78, 5) is 12.2. The van der Waals surface area contributed by atoms with E-state index in [1.165, 1.54) is 0 Å². The van der Waals surface area contributed by atoms with Gasteiger partial charge < -0.3 is 4.74 Å². The number of esters is 1. The van der Waals surface area contributed by atoms with Crippen molar-refractivity contribution in [2.45, 2.75) is 6.92 Å². The lowest BCUT2D eigenvalue weighted by Crippen LogP contribution is -2.08. The smallest absolute Gasteiger partial charge is 0.357 e. The summed E-state index contributed by atoms with van der Waals surface area (Å²) in [7, 11) is 0. The first-order valence-corrected chi connectivity index (χ1v) is 6.01. The highest BCUT2D eigenvalue weighted by molar-refractivity contribution is 9.10. The molecule has 0 spiro atoms. The first-order chi connectivity index (χ1) is 7.68. The Labute approximate surface area is 105 Å². The Hall–Kier alpha value is -1.27. The summed E-state index contributed by atoms with van der Waals surface area (Å²) in [6.07, 6.45) is 0. The van der Waals surface area contributed by atoms with Crippen LogP contribution in [0.1, 0.15) is 15.4 Å². The van der Waals surface area contributed by atoms with Gasteiger partial charge in [-0.15, -0.1) is 5.10 Å². The van der Waals surface area contributed by atoms with Crippen molar-refractivity contribution in [3.8, 4) is 5.75 Å². The van der Waals surface area contributed by atoms with Crippen LogP contribution in [0.5, 0.6) is 5.75 Å². The maximum Gasteiger partial charge on any atom is 0.357 e. The predicted octanol–water partition coefficient (Wildman–Crippen LogP) is 2.83. The van der Waals surface area contributed by atoms with Crippen molar-refractivity contribution in [3.05, 3.63) is 39.3 Å². The number of nitrogens with zero attached hydrogens (tertiary/aromatic N) is 2. The molecule has 0 unspecified atom stereocenters. The predicted molar refractivity (Wildman–Crippen MR) is 63.7 cm³/mol. The number of hydrogen-bond donors (Lipinski definition) is 0. The molecule has 0 fully saturated rings. The zero-order valence-electron chi connectivity index (χ0n) is 8.31. The van der Waals surface area contributed by atoms with Crippen LogP contribution in [-0.4, -0.2) is 15.6 Å². The van der Waals surface area contributed by atoms with Crippen LogP contribution in [0, 0.1) is 6.92 Å². The van der Waals surface area contributed by atoms with Gasteiger partial charge in [0.05, 0.1) is 10.2 Å². The fourth-order valence-corrected chi connectivity index (χ4v) is 1.99. The normalized spacial score (nSPS) is 10.1. The molecule has 0 N–H and O–H groups in total. The van der Waals surface area contributed by atoms with Crippen LogP contribution in [0.3, 0.4) is 0 Å². The van der Waals surface area contributed by atoms with Crippen molar-refractivity contribution >= 4 is 33.4 Å². The van der Waals surface area contributed by atoms with Crippen LogP contribution in [0.15, 0.2) is 28.7 Å². The van der Waals surface area contributed by atoms with Gasteiger partial charge in [0, 0.05) is 0 Å². The highest BCUT2D eigenvalue weighted by Gasteiger charge is 2.16. The van der Waals surface area contributed by atoms with E-state index in [-0.39, 0.29) is 0 Å². The third-order valence-electron chi connectivity index (χ3n) is 1.88. The molecule has 0 saturated carbocycles. The van der Waals surface area contributed by atoms with Crippen LogP contribution in [-0.2, 0) is 0 Å². The van der Waals surface area contributed by atoms with E-state index in [0.29, 0.717) is 16.3 Å². The van der Waals surface area contributed by atoms with Crippen molar-refractivity contribution < 1.29 is 9.53 Å². The lowest BCUT2D eigenvalue weighted by Gasteiger charge is -2.04. The average Bonchev–Trinajstić information content (AvgIpc) is 2.68. The Kier molecular flexibility index (Phi) is 3.31. The van der Waals surface area contributed by atoms with Crippen molar-refractivity contribution in [2.24, 2.45) is 0 Å². The van der Waals surface area contributed by atoms with Gasteiger partial charge in [-0.1, -0.05) is 16.6 Å². The number of carbonyl (C=O) groups is 1. The maximum absolute atomic E-state index is 11.7. The molecular formula is C10H7BrN2O2S. The Bertz CT molecular complexity index is 527. The Balaban J connectivity index is 2.21. The van der Waals surface area contributed by atoms with Gasteiger partial charge in [-0.05, 0) is 46.5 Å². The first-order valence-electron chi connectivity index (χ1n) is 4.44. The van der Waals surface area contributed by atoms with Gasteiger partial charge in [0.15, 0.2) is 4.88 Å². The second-order valence-corrected chi connectivity index (χ2v) is 4.62. The number of halogens is 1. The van der Waals surface area contributed by atoms with Gasteiger partial charge in [0.25, 0.3) is 0 Å². The van der Waals surface area contributed by atoms with Crippen molar-refractivity contribution in [2.75, 3.05) is 0 Å². The van der Waals surface area contributed by atoms with E-state index in [9.17, 15) is 4.79 Å². The lowest BCUT2D eigenvalue weighted by molar-refractivity contribution is 0.0737. The van der Waals surface area contributed by atoms with Gasteiger partial charge in [-0.2, -0.15) is 0 Å². The highest BCUT2D eigenvalue weighted by atomic mass is 79.9. The van der Waals surface area contributed by atoms with Crippen molar-refractivity contribution in [1.82, 2.24) is 9.59 Å². The molecule has 0 bridgehead atoms. The van der Waals surface area contributed by atoms with Crippen LogP contribution >= 0.6 is 27.5 Å². The van der Waals surface area contributed by atoms with E-state index in [1.807, 2.05) is 6.07 Å². The minimum atomic E-state index is -0.431. The fourth-order valence-electron chi connectivity index (χ4n) is 1.09. The molecule has 6 heteroatoms. The average molecular weight is 299 g/mol. The van der Waals surface area contributed by atoms with Crippen LogP contribution < -0.4 is 4.74 Å². The van der Waals surface area contributed by atoms with Gasteiger partial charge in [-0.25, -0.2) is 4.79 Å². The summed E-state index contributed by atoms with van der Waals surface area (Å²) >= 11 is 4.33. The molecule has 0 aliphatic heterocycles. The van der Waals surface area contributed by atoms with E-state index in [4.69, 9.17) is 4.74 Å². The van der Waals surface area contributed by atoms with Gasteiger partial charge in [0.1, 0.15) is 5.75 Å². The molecule has 4 nitrogen and oxygen atoms in total. The molecule has 0 aliphatic rings. The largest absolute Gasteiger partial charge is 0.421 e. The highest BCUT2D eigenvalue weighted by Crippen LogP contribution is 2.25. The van der Waals surface area contributed by atoms with Crippen molar-refractivity contribution in [3.63, 3.8) is 0 Å². The number of hydrogen-bond acceptors (Lipinski definition) is 5. The summed E-state index contributed by atoms with van der Waals surface area (Å²) in [6.45, 7) is 1.72. The fraction of sp³-hybridized carbons (Fsp3) is 0.100. The van der Waals surface area contributed by atoms with Crippen LogP contribution in [0.2, 0.25) is 0 Å². The molecule has 82 valence electrons. The van der Waals surface area contributed by atoms with E-state index in [1.54, 1.807) is 25.1 Å². The SMILES string of the molecule is Cc1nnsc1C(=O)Oc1ccccc1Br. The third-order valence-corrected chi connectivity index (χ3v) is 3.34. The van der Waals surface area contributed by atoms with Crippen molar-refractivity contribution in [1.29, 1.82) is 0 Å². The maximum atomic E-state index is 11.7. The minimum absolute atomic E-state index is 0.427. The molecule has 16 heavy (non-hydrogen) atoms. The summed E-state index contributed by atoms with van der Waals surface area (Å²) in [5, 5.41) is 3.76. The molecule has 1 aromatic heterocycles. The minimum Gasteiger partial charge on any atom is -0.421 e. The van der Waals surface area contributed by atoms with Crippen LogP contribution in [0.25, 0.3) is 0 Å². The topological polar surface area (TPSA) is 52.1 Å².